The summed E-state index contributed by atoms with van der Waals surface area (Å²) < 4.78 is 46.2. The summed E-state index contributed by atoms with van der Waals surface area (Å²) in [5.74, 6) is 0.534. The van der Waals surface area contributed by atoms with Crippen LogP contribution in [0.4, 0.5) is 4.39 Å². The van der Waals surface area contributed by atoms with Crippen LogP contribution in [0.1, 0.15) is 11.1 Å². The van der Waals surface area contributed by atoms with Gasteiger partial charge >= 0.3 is 0 Å². The Labute approximate surface area is 151 Å². The van der Waals surface area contributed by atoms with Crippen LogP contribution in [0, 0.1) is 12.7 Å². The Morgan fingerprint density at radius 3 is 2.65 bits per heavy atom. The van der Waals surface area contributed by atoms with Gasteiger partial charge in [0.15, 0.2) is 0 Å². The fourth-order valence-electron chi connectivity index (χ4n) is 2.42. The van der Waals surface area contributed by atoms with Gasteiger partial charge in [0.05, 0.1) is 4.90 Å². The van der Waals surface area contributed by atoms with Crippen molar-refractivity contribution in [1.29, 1.82) is 0 Å². The van der Waals surface area contributed by atoms with Crippen molar-refractivity contribution in [2.24, 2.45) is 0 Å². The monoisotopic (exact) mass is 372 g/mol. The van der Waals surface area contributed by atoms with E-state index in [1.807, 2.05) is 6.07 Å². The molecule has 0 fully saturated rings. The second-order valence-corrected chi connectivity index (χ2v) is 7.39. The van der Waals surface area contributed by atoms with Crippen LogP contribution in [0.3, 0.4) is 0 Å². The van der Waals surface area contributed by atoms with Crippen LogP contribution in [0.2, 0.25) is 0 Å². The molecule has 0 saturated heterocycles. The fraction of sp³-hybridized carbons (Fsp3) is 0.105. The number of ether oxygens (including phenoxy) is 1. The Morgan fingerprint density at radius 2 is 1.92 bits per heavy atom. The van der Waals surface area contributed by atoms with Gasteiger partial charge in [-0.25, -0.2) is 22.5 Å². The van der Waals surface area contributed by atoms with Crippen LogP contribution in [0.25, 0.3) is 0 Å². The molecule has 0 atom stereocenters. The van der Waals surface area contributed by atoms with E-state index in [1.165, 1.54) is 12.1 Å². The molecule has 5 nitrogen and oxygen atoms in total. The van der Waals surface area contributed by atoms with Crippen LogP contribution in [0.15, 0.2) is 71.8 Å². The second kappa shape index (κ2) is 7.63. The van der Waals surface area contributed by atoms with E-state index in [9.17, 15) is 12.8 Å². The van der Waals surface area contributed by atoms with Crippen molar-refractivity contribution in [3.63, 3.8) is 0 Å². The van der Waals surface area contributed by atoms with Crippen molar-refractivity contribution in [2.45, 2.75) is 18.4 Å². The molecule has 0 aliphatic rings. The summed E-state index contributed by atoms with van der Waals surface area (Å²) in [7, 11) is -3.75. The zero-order valence-electron chi connectivity index (χ0n) is 14.0. The van der Waals surface area contributed by atoms with Gasteiger partial charge < -0.3 is 4.74 Å². The molecule has 3 aromatic rings. The number of pyridine rings is 1. The molecule has 0 aliphatic heterocycles. The molecule has 0 radical (unpaired) electrons. The summed E-state index contributed by atoms with van der Waals surface area (Å²) in [4.78, 5) is 4.14. The maximum Gasteiger partial charge on any atom is 0.241 e. The molecule has 26 heavy (non-hydrogen) atoms. The van der Waals surface area contributed by atoms with Gasteiger partial charge in [-0.3, -0.25) is 0 Å². The summed E-state index contributed by atoms with van der Waals surface area (Å²) in [6, 6.07) is 15.9. The van der Waals surface area contributed by atoms with E-state index in [1.54, 1.807) is 49.5 Å². The van der Waals surface area contributed by atoms with Gasteiger partial charge in [0, 0.05) is 18.8 Å². The highest BCUT2D eigenvalue weighted by Crippen LogP contribution is 2.21. The van der Waals surface area contributed by atoms with Crippen molar-refractivity contribution in [2.75, 3.05) is 0 Å². The average molecular weight is 372 g/mol. The molecule has 3 rings (SSSR count). The molecule has 0 amide bonds. The molecule has 1 aromatic heterocycles. The van der Waals surface area contributed by atoms with Gasteiger partial charge in [-0.2, -0.15) is 0 Å². The zero-order valence-corrected chi connectivity index (χ0v) is 14.8. The number of halogens is 1. The summed E-state index contributed by atoms with van der Waals surface area (Å²) in [6.45, 7) is 1.64. The Hall–Kier alpha value is -2.77. The molecule has 0 saturated carbocycles. The first-order valence-electron chi connectivity index (χ1n) is 7.88. The first-order chi connectivity index (χ1) is 12.4. The maximum absolute atomic E-state index is 13.2. The van der Waals surface area contributed by atoms with E-state index in [-0.39, 0.29) is 11.4 Å². The minimum Gasteiger partial charge on any atom is -0.439 e. The molecule has 7 heteroatoms. The first-order valence-corrected chi connectivity index (χ1v) is 9.36. The molecule has 0 bridgehead atoms. The predicted octanol–water partition coefficient (Wildman–Crippen LogP) is 3.80. The standard InChI is InChI=1S/C19H17FN2O3S/c1-14-11-16(20)8-9-18(14)26(23,24)22-13-15-5-4-6-17(12-15)25-19-7-2-3-10-21-19/h2-12,22H,13H2,1H3. The lowest BCUT2D eigenvalue weighted by molar-refractivity contribution is 0.462. The van der Waals surface area contributed by atoms with Crippen LogP contribution in [-0.2, 0) is 16.6 Å². The highest BCUT2D eigenvalue weighted by molar-refractivity contribution is 7.89. The van der Waals surface area contributed by atoms with Gasteiger partial charge in [0.2, 0.25) is 15.9 Å². The van der Waals surface area contributed by atoms with E-state index < -0.39 is 15.8 Å². The van der Waals surface area contributed by atoms with Crippen LogP contribution < -0.4 is 9.46 Å². The predicted molar refractivity (Wildman–Crippen MR) is 95.9 cm³/mol. The number of sulfonamides is 1. The number of aromatic nitrogens is 1. The molecule has 0 unspecified atom stereocenters. The molecule has 0 spiro atoms. The summed E-state index contributed by atoms with van der Waals surface area (Å²) in [5, 5.41) is 0. The molecule has 1 N–H and O–H groups in total. The second-order valence-electron chi connectivity index (χ2n) is 5.65. The third-order valence-corrected chi connectivity index (χ3v) is 5.21. The Morgan fingerprint density at radius 1 is 1.08 bits per heavy atom. The topological polar surface area (TPSA) is 68.3 Å². The third-order valence-electron chi connectivity index (χ3n) is 3.65. The van der Waals surface area contributed by atoms with Gasteiger partial charge in [-0.15, -0.1) is 0 Å². The number of benzene rings is 2. The number of rotatable bonds is 6. The van der Waals surface area contributed by atoms with Gasteiger partial charge in [0.1, 0.15) is 11.6 Å². The van der Waals surface area contributed by atoms with Gasteiger partial charge in [-0.05, 0) is 54.4 Å². The number of nitrogens with one attached hydrogen (secondary N) is 1. The lowest BCUT2D eigenvalue weighted by atomic mass is 10.2. The minimum absolute atomic E-state index is 0.0554. The van der Waals surface area contributed by atoms with E-state index in [0.717, 1.165) is 11.6 Å². The fourth-order valence-corrected chi connectivity index (χ4v) is 3.66. The number of nitrogens with zero attached hydrogens (tertiary/aromatic N) is 1. The lowest BCUT2D eigenvalue weighted by Gasteiger charge is -2.10. The van der Waals surface area contributed by atoms with Gasteiger partial charge in [0.25, 0.3) is 0 Å². The molecular formula is C19H17FN2O3S. The smallest absolute Gasteiger partial charge is 0.241 e. The summed E-state index contributed by atoms with van der Waals surface area (Å²) in [5.41, 5.74) is 1.08. The molecule has 2 aromatic carbocycles. The number of aryl methyl sites for hydroxylation is 1. The van der Waals surface area contributed by atoms with Crippen molar-refractivity contribution in [3.8, 4) is 11.6 Å². The van der Waals surface area contributed by atoms with Crippen molar-refractivity contribution < 1.29 is 17.5 Å². The maximum atomic E-state index is 13.2. The van der Waals surface area contributed by atoms with E-state index in [4.69, 9.17) is 4.74 Å². The Balaban J connectivity index is 1.72. The van der Waals surface area contributed by atoms with Crippen LogP contribution in [0.5, 0.6) is 11.6 Å². The molecular weight excluding hydrogens is 355 g/mol. The zero-order chi connectivity index (χ0) is 18.6. The quantitative estimate of drug-likeness (QED) is 0.715. The minimum atomic E-state index is -3.75. The lowest BCUT2D eigenvalue weighted by Crippen LogP contribution is -2.24. The molecule has 0 aliphatic carbocycles. The largest absolute Gasteiger partial charge is 0.439 e. The summed E-state index contributed by atoms with van der Waals surface area (Å²) in [6.07, 6.45) is 1.62. The van der Waals surface area contributed by atoms with E-state index in [2.05, 4.69) is 9.71 Å². The SMILES string of the molecule is Cc1cc(F)ccc1S(=O)(=O)NCc1cccc(Oc2ccccn2)c1. The van der Waals surface area contributed by atoms with Crippen molar-refractivity contribution in [3.05, 3.63) is 83.8 Å². The van der Waals surface area contributed by atoms with Crippen molar-refractivity contribution in [1.82, 2.24) is 9.71 Å². The number of hydrogen-bond donors (Lipinski definition) is 1. The Kier molecular flexibility index (Phi) is 5.29. The highest BCUT2D eigenvalue weighted by Gasteiger charge is 2.17. The highest BCUT2D eigenvalue weighted by atomic mass is 32.2. The molecule has 1 heterocycles. The molecule has 134 valence electrons. The number of hydrogen-bond acceptors (Lipinski definition) is 4. The Bertz CT molecular complexity index is 1010. The van der Waals surface area contributed by atoms with E-state index in [0.29, 0.717) is 17.2 Å². The average Bonchev–Trinajstić information content (AvgIpc) is 2.61. The van der Waals surface area contributed by atoms with Crippen LogP contribution in [-0.4, -0.2) is 13.4 Å². The summed E-state index contributed by atoms with van der Waals surface area (Å²) >= 11 is 0. The van der Waals surface area contributed by atoms with Crippen LogP contribution >= 0.6 is 0 Å². The first kappa shape index (κ1) is 18.0. The third kappa shape index (κ3) is 4.44. The normalized spacial score (nSPS) is 11.3. The van der Waals surface area contributed by atoms with Crippen molar-refractivity contribution >= 4 is 10.0 Å². The van der Waals surface area contributed by atoms with E-state index >= 15 is 0 Å². The van der Waals surface area contributed by atoms with Gasteiger partial charge in [-0.1, -0.05) is 18.2 Å².